The van der Waals surface area contributed by atoms with E-state index in [1.165, 1.54) is 11.3 Å². The standard InChI is InChI=1S/C9H15N3OS/c1-5(2)4-12-7-3-6(10)8(14-7)9(11)13/h3,5,12H,4,10H2,1-2H3,(H2,11,13). The molecule has 0 fully saturated rings. The fraction of sp³-hybridized carbons (Fsp3) is 0.444. The summed E-state index contributed by atoms with van der Waals surface area (Å²) in [4.78, 5) is 11.3. The fourth-order valence-electron chi connectivity index (χ4n) is 0.990. The molecule has 5 heteroatoms. The Hall–Kier alpha value is -1.23. The third-order valence-corrected chi connectivity index (χ3v) is 2.79. The molecule has 0 aromatic carbocycles. The lowest BCUT2D eigenvalue weighted by Gasteiger charge is -2.05. The molecule has 0 spiro atoms. The van der Waals surface area contributed by atoms with Crippen molar-refractivity contribution in [2.24, 2.45) is 11.7 Å². The van der Waals surface area contributed by atoms with Crippen LogP contribution in [0.5, 0.6) is 0 Å². The topological polar surface area (TPSA) is 81.1 Å². The third-order valence-electron chi connectivity index (χ3n) is 1.67. The van der Waals surface area contributed by atoms with E-state index in [1.807, 2.05) is 0 Å². The van der Waals surface area contributed by atoms with Crippen molar-refractivity contribution in [3.63, 3.8) is 0 Å². The number of nitrogen functional groups attached to an aromatic ring is 1. The first-order chi connectivity index (χ1) is 6.50. The van der Waals surface area contributed by atoms with Crippen LogP contribution in [0, 0.1) is 5.92 Å². The maximum absolute atomic E-state index is 10.9. The summed E-state index contributed by atoms with van der Waals surface area (Å²) in [6, 6.07) is 1.74. The van der Waals surface area contributed by atoms with E-state index in [0.29, 0.717) is 16.5 Å². The van der Waals surface area contributed by atoms with Gasteiger partial charge in [-0.2, -0.15) is 0 Å². The zero-order valence-electron chi connectivity index (χ0n) is 8.33. The van der Waals surface area contributed by atoms with E-state index < -0.39 is 5.91 Å². The van der Waals surface area contributed by atoms with Crippen LogP contribution in [0.4, 0.5) is 10.7 Å². The second kappa shape index (κ2) is 4.32. The van der Waals surface area contributed by atoms with Gasteiger partial charge in [0.15, 0.2) is 0 Å². The quantitative estimate of drug-likeness (QED) is 0.709. The number of nitrogens with one attached hydrogen (secondary N) is 1. The van der Waals surface area contributed by atoms with Gasteiger partial charge in [-0.1, -0.05) is 13.8 Å². The molecule has 0 saturated heterocycles. The molecule has 1 aromatic heterocycles. The molecule has 1 amide bonds. The maximum atomic E-state index is 10.9. The first-order valence-corrected chi connectivity index (χ1v) is 5.25. The highest BCUT2D eigenvalue weighted by molar-refractivity contribution is 7.18. The zero-order chi connectivity index (χ0) is 10.7. The van der Waals surface area contributed by atoms with Gasteiger partial charge in [-0.05, 0) is 12.0 Å². The maximum Gasteiger partial charge on any atom is 0.260 e. The minimum atomic E-state index is -0.468. The number of hydrogen-bond donors (Lipinski definition) is 3. The first-order valence-electron chi connectivity index (χ1n) is 4.43. The molecule has 0 saturated carbocycles. The molecule has 78 valence electrons. The molecule has 0 aliphatic rings. The van der Waals surface area contributed by atoms with E-state index in [9.17, 15) is 4.79 Å². The lowest BCUT2D eigenvalue weighted by Crippen LogP contribution is -2.10. The lowest BCUT2D eigenvalue weighted by molar-refractivity contribution is 0.100. The van der Waals surface area contributed by atoms with Crippen molar-refractivity contribution in [2.45, 2.75) is 13.8 Å². The Kier molecular flexibility index (Phi) is 3.35. The highest BCUT2D eigenvalue weighted by atomic mass is 32.1. The molecular formula is C9H15N3OS. The predicted octanol–water partition coefficient (Wildman–Crippen LogP) is 1.50. The zero-order valence-corrected chi connectivity index (χ0v) is 9.15. The number of primary amides is 1. The summed E-state index contributed by atoms with van der Waals surface area (Å²) >= 11 is 1.30. The Balaban J connectivity index is 2.71. The molecule has 0 aliphatic carbocycles. The van der Waals surface area contributed by atoms with Crippen LogP contribution in [0.1, 0.15) is 23.5 Å². The molecule has 14 heavy (non-hydrogen) atoms. The van der Waals surface area contributed by atoms with Crippen LogP contribution in [-0.4, -0.2) is 12.5 Å². The van der Waals surface area contributed by atoms with Gasteiger partial charge in [-0.25, -0.2) is 0 Å². The number of rotatable bonds is 4. The Labute approximate surface area is 87.3 Å². The SMILES string of the molecule is CC(C)CNc1cc(N)c(C(N)=O)s1. The molecular weight excluding hydrogens is 198 g/mol. The molecule has 0 bridgehead atoms. The third kappa shape index (κ3) is 2.63. The van der Waals surface area contributed by atoms with Crippen LogP contribution in [-0.2, 0) is 0 Å². The van der Waals surface area contributed by atoms with E-state index in [2.05, 4.69) is 19.2 Å². The summed E-state index contributed by atoms with van der Waals surface area (Å²) in [6.45, 7) is 5.08. The fourth-order valence-corrected chi connectivity index (χ4v) is 1.83. The van der Waals surface area contributed by atoms with E-state index in [1.54, 1.807) is 6.07 Å². The molecule has 5 N–H and O–H groups in total. The molecule has 0 unspecified atom stereocenters. The number of hydrogen-bond acceptors (Lipinski definition) is 4. The van der Waals surface area contributed by atoms with E-state index in [4.69, 9.17) is 11.5 Å². The van der Waals surface area contributed by atoms with Gasteiger partial charge in [0.1, 0.15) is 4.88 Å². The van der Waals surface area contributed by atoms with Crippen LogP contribution >= 0.6 is 11.3 Å². The highest BCUT2D eigenvalue weighted by Gasteiger charge is 2.10. The van der Waals surface area contributed by atoms with Crippen LogP contribution in [0.2, 0.25) is 0 Å². The smallest absolute Gasteiger partial charge is 0.260 e. The number of carbonyl (C=O) groups excluding carboxylic acids is 1. The van der Waals surface area contributed by atoms with Crippen molar-refractivity contribution in [2.75, 3.05) is 17.6 Å². The minimum Gasteiger partial charge on any atom is -0.397 e. The Morgan fingerprint density at radius 3 is 2.71 bits per heavy atom. The average Bonchev–Trinajstić information content (AvgIpc) is 2.43. The van der Waals surface area contributed by atoms with Crippen molar-refractivity contribution in [3.8, 4) is 0 Å². The van der Waals surface area contributed by atoms with Crippen LogP contribution in [0.15, 0.2) is 6.07 Å². The summed E-state index contributed by atoms with van der Waals surface area (Å²) < 4.78 is 0. The monoisotopic (exact) mass is 213 g/mol. The van der Waals surface area contributed by atoms with Crippen molar-refractivity contribution in [1.29, 1.82) is 0 Å². The van der Waals surface area contributed by atoms with Crippen molar-refractivity contribution in [3.05, 3.63) is 10.9 Å². The lowest BCUT2D eigenvalue weighted by atomic mass is 10.2. The summed E-state index contributed by atoms with van der Waals surface area (Å²) in [5.41, 5.74) is 11.2. The second-order valence-corrected chi connectivity index (χ2v) is 4.59. The second-order valence-electron chi connectivity index (χ2n) is 3.53. The Morgan fingerprint density at radius 2 is 2.29 bits per heavy atom. The summed E-state index contributed by atoms with van der Waals surface area (Å²) in [6.07, 6.45) is 0. The Morgan fingerprint density at radius 1 is 1.64 bits per heavy atom. The molecule has 1 heterocycles. The first kappa shape index (κ1) is 10.8. The molecule has 1 aromatic rings. The minimum absolute atomic E-state index is 0.427. The molecule has 0 atom stereocenters. The van der Waals surface area contributed by atoms with Gasteiger partial charge in [0.2, 0.25) is 0 Å². The number of amides is 1. The van der Waals surface area contributed by atoms with Crippen molar-refractivity contribution < 1.29 is 4.79 Å². The van der Waals surface area contributed by atoms with E-state index >= 15 is 0 Å². The van der Waals surface area contributed by atoms with Crippen molar-refractivity contribution >= 4 is 27.9 Å². The van der Waals surface area contributed by atoms with Gasteiger partial charge in [-0.15, -0.1) is 11.3 Å². The van der Waals surface area contributed by atoms with Gasteiger partial charge in [-0.3, -0.25) is 4.79 Å². The van der Waals surface area contributed by atoms with E-state index in [-0.39, 0.29) is 0 Å². The van der Waals surface area contributed by atoms with Gasteiger partial charge in [0.25, 0.3) is 5.91 Å². The van der Waals surface area contributed by atoms with E-state index in [0.717, 1.165) is 11.5 Å². The number of nitrogens with two attached hydrogens (primary N) is 2. The largest absolute Gasteiger partial charge is 0.397 e. The summed E-state index contributed by atoms with van der Waals surface area (Å²) in [5.74, 6) is 0.0837. The highest BCUT2D eigenvalue weighted by Crippen LogP contribution is 2.28. The van der Waals surface area contributed by atoms with Crippen LogP contribution in [0.3, 0.4) is 0 Å². The van der Waals surface area contributed by atoms with Crippen LogP contribution < -0.4 is 16.8 Å². The van der Waals surface area contributed by atoms with Crippen LogP contribution in [0.25, 0.3) is 0 Å². The average molecular weight is 213 g/mol. The predicted molar refractivity (Wildman–Crippen MR) is 60.6 cm³/mol. The van der Waals surface area contributed by atoms with Crippen molar-refractivity contribution in [1.82, 2.24) is 0 Å². The Bertz CT molecular complexity index is 333. The molecule has 0 radical (unpaired) electrons. The van der Waals surface area contributed by atoms with Gasteiger partial charge in [0, 0.05) is 6.54 Å². The summed E-state index contributed by atoms with van der Waals surface area (Å²) in [5, 5.41) is 4.08. The normalized spacial score (nSPS) is 10.5. The number of thiophene rings is 1. The van der Waals surface area contributed by atoms with Gasteiger partial charge in [0.05, 0.1) is 10.7 Å². The number of anilines is 2. The molecule has 4 nitrogen and oxygen atoms in total. The number of carbonyl (C=O) groups is 1. The molecule has 0 aliphatic heterocycles. The van der Waals surface area contributed by atoms with Gasteiger partial charge >= 0.3 is 0 Å². The van der Waals surface area contributed by atoms with Gasteiger partial charge < -0.3 is 16.8 Å². The molecule has 1 rings (SSSR count). The summed E-state index contributed by atoms with van der Waals surface area (Å²) in [7, 11) is 0.